The van der Waals surface area contributed by atoms with Crippen molar-refractivity contribution in [3.8, 4) is 5.75 Å². The Morgan fingerprint density at radius 2 is 2.04 bits per heavy atom. The Kier molecular flexibility index (Phi) is 5.32. The van der Waals surface area contributed by atoms with Crippen LogP contribution in [0.25, 0.3) is 10.9 Å². The molecule has 28 heavy (non-hydrogen) atoms. The molecule has 1 fully saturated rings. The van der Waals surface area contributed by atoms with Crippen LogP contribution in [0.2, 0.25) is 0 Å². The lowest BCUT2D eigenvalue weighted by Gasteiger charge is -2.14. The van der Waals surface area contributed by atoms with Crippen LogP contribution in [0.15, 0.2) is 54.6 Å². The van der Waals surface area contributed by atoms with E-state index in [4.69, 9.17) is 4.74 Å². The highest BCUT2D eigenvalue weighted by molar-refractivity contribution is 5.81. The first kappa shape index (κ1) is 18.5. The molecule has 0 saturated carbocycles. The second-order valence-corrected chi connectivity index (χ2v) is 7.17. The first-order valence-corrected chi connectivity index (χ1v) is 9.72. The Morgan fingerprint density at radius 3 is 2.86 bits per heavy atom. The Balaban J connectivity index is 1.36. The maximum Gasteiger partial charge on any atom is 0.259 e. The summed E-state index contributed by atoms with van der Waals surface area (Å²) in [6.07, 6.45) is 0.633. The third kappa shape index (κ3) is 3.88. The first-order valence-electron chi connectivity index (χ1n) is 9.72. The SMILES string of the molecule is CCn1c(C2CC(NC(=O)COc3cccc(C)c3)NN2)cc2ccccc21. The standard InChI is InChI=1S/C22H26N4O2/c1-3-26-19-10-5-4-8-16(19)12-20(26)18-13-21(25-24-18)23-22(27)14-28-17-9-6-7-15(2)11-17/h4-12,18,21,24-25H,3,13-14H2,1-2H3,(H,23,27). The van der Waals surface area contributed by atoms with E-state index in [1.54, 1.807) is 0 Å². The van der Waals surface area contributed by atoms with Crippen molar-refractivity contribution in [3.63, 3.8) is 0 Å². The van der Waals surface area contributed by atoms with Crippen molar-refractivity contribution < 1.29 is 9.53 Å². The number of ether oxygens (including phenoxy) is 1. The van der Waals surface area contributed by atoms with Crippen molar-refractivity contribution in [1.82, 2.24) is 20.7 Å². The average molecular weight is 378 g/mol. The molecule has 3 aromatic rings. The minimum Gasteiger partial charge on any atom is -0.484 e. The van der Waals surface area contributed by atoms with Crippen LogP contribution in [-0.2, 0) is 11.3 Å². The quantitative estimate of drug-likeness (QED) is 0.617. The number of aryl methyl sites for hydroxylation is 2. The van der Waals surface area contributed by atoms with Gasteiger partial charge in [0, 0.05) is 24.2 Å². The summed E-state index contributed by atoms with van der Waals surface area (Å²) in [5.74, 6) is 0.565. The third-order valence-electron chi connectivity index (χ3n) is 5.11. The molecule has 2 unspecified atom stereocenters. The Hall–Kier alpha value is -2.83. The van der Waals surface area contributed by atoms with Gasteiger partial charge in [0.1, 0.15) is 5.75 Å². The minimum absolute atomic E-state index is 0.00151. The number of fused-ring (bicyclic) bond motifs is 1. The Labute approximate surface area is 164 Å². The van der Waals surface area contributed by atoms with Crippen LogP contribution >= 0.6 is 0 Å². The fourth-order valence-electron chi connectivity index (χ4n) is 3.81. The Bertz CT molecular complexity index is 982. The van der Waals surface area contributed by atoms with Crippen LogP contribution < -0.4 is 20.9 Å². The van der Waals surface area contributed by atoms with Crippen LogP contribution in [0.1, 0.15) is 30.6 Å². The number of hydrazine groups is 1. The molecule has 3 N–H and O–H groups in total. The lowest BCUT2D eigenvalue weighted by atomic mass is 10.1. The summed E-state index contributed by atoms with van der Waals surface area (Å²) >= 11 is 0. The van der Waals surface area contributed by atoms with Gasteiger partial charge >= 0.3 is 0 Å². The zero-order valence-electron chi connectivity index (χ0n) is 16.2. The first-order chi connectivity index (χ1) is 13.6. The van der Waals surface area contributed by atoms with E-state index >= 15 is 0 Å². The third-order valence-corrected chi connectivity index (χ3v) is 5.11. The average Bonchev–Trinajstić information content (AvgIpc) is 3.30. The van der Waals surface area contributed by atoms with Gasteiger partial charge in [0.25, 0.3) is 5.91 Å². The molecule has 2 atom stereocenters. The van der Waals surface area contributed by atoms with Crippen LogP contribution in [0.4, 0.5) is 0 Å². The number of nitrogens with zero attached hydrogens (tertiary/aromatic N) is 1. The normalized spacial score (nSPS) is 19.1. The monoisotopic (exact) mass is 378 g/mol. The number of para-hydroxylation sites is 1. The minimum atomic E-state index is -0.141. The second-order valence-electron chi connectivity index (χ2n) is 7.17. The van der Waals surface area contributed by atoms with Gasteiger partial charge in [0.2, 0.25) is 0 Å². The molecule has 1 aliphatic rings. The predicted molar refractivity (Wildman–Crippen MR) is 110 cm³/mol. The van der Waals surface area contributed by atoms with Gasteiger partial charge in [-0.05, 0) is 49.1 Å². The van der Waals surface area contributed by atoms with Gasteiger partial charge < -0.3 is 14.6 Å². The van der Waals surface area contributed by atoms with Gasteiger partial charge in [-0.25, -0.2) is 10.9 Å². The van der Waals surface area contributed by atoms with Crippen LogP contribution in [0.5, 0.6) is 5.75 Å². The summed E-state index contributed by atoms with van der Waals surface area (Å²) < 4.78 is 7.90. The highest BCUT2D eigenvalue weighted by atomic mass is 16.5. The van der Waals surface area contributed by atoms with E-state index in [0.29, 0.717) is 5.75 Å². The number of hydrogen-bond acceptors (Lipinski definition) is 4. The lowest BCUT2D eigenvalue weighted by molar-refractivity contribution is -0.123. The van der Waals surface area contributed by atoms with E-state index in [0.717, 1.165) is 18.5 Å². The van der Waals surface area contributed by atoms with Gasteiger partial charge in [0.15, 0.2) is 6.61 Å². The maximum atomic E-state index is 12.3. The topological polar surface area (TPSA) is 67.3 Å². The number of hydrogen-bond donors (Lipinski definition) is 3. The fraction of sp³-hybridized carbons (Fsp3) is 0.318. The molecule has 146 valence electrons. The second kappa shape index (κ2) is 8.04. The molecule has 6 heteroatoms. The van der Waals surface area contributed by atoms with Crippen molar-refractivity contribution in [1.29, 1.82) is 0 Å². The van der Waals surface area contributed by atoms with Gasteiger partial charge in [-0.3, -0.25) is 4.79 Å². The highest BCUT2D eigenvalue weighted by Gasteiger charge is 2.28. The molecule has 6 nitrogen and oxygen atoms in total. The van der Waals surface area contributed by atoms with Crippen LogP contribution in [0.3, 0.4) is 0 Å². The van der Waals surface area contributed by atoms with E-state index in [2.05, 4.69) is 58.0 Å². The van der Waals surface area contributed by atoms with Crippen LogP contribution in [0, 0.1) is 6.92 Å². The van der Waals surface area contributed by atoms with Crippen LogP contribution in [-0.4, -0.2) is 23.2 Å². The van der Waals surface area contributed by atoms with E-state index in [1.165, 1.54) is 16.6 Å². The Morgan fingerprint density at radius 1 is 1.18 bits per heavy atom. The molecule has 1 aliphatic heterocycles. The predicted octanol–water partition coefficient (Wildman–Crippen LogP) is 3.03. The summed E-state index contributed by atoms with van der Waals surface area (Å²) in [5, 5.41) is 4.22. The van der Waals surface area contributed by atoms with Gasteiger partial charge in [-0.1, -0.05) is 30.3 Å². The molecular formula is C22H26N4O2. The highest BCUT2D eigenvalue weighted by Crippen LogP contribution is 2.28. The smallest absolute Gasteiger partial charge is 0.259 e. The molecule has 2 aromatic carbocycles. The van der Waals surface area contributed by atoms with E-state index in [-0.39, 0.29) is 24.7 Å². The number of amides is 1. The molecule has 2 heterocycles. The molecule has 0 radical (unpaired) electrons. The summed E-state index contributed by atoms with van der Waals surface area (Å²) in [6, 6.07) is 18.5. The van der Waals surface area contributed by atoms with E-state index in [1.807, 2.05) is 31.2 Å². The number of rotatable bonds is 6. The number of aromatic nitrogens is 1. The summed E-state index contributed by atoms with van der Waals surface area (Å²) in [7, 11) is 0. The van der Waals surface area contributed by atoms with Gasteiger partial charge in [-0.15, -0.1) is 0 Å². The summed E-state index contributed by atoms with van der Waals surface area (Å²) in [6.45, 7) is 5.06. The molecule has 4 rings (SSSR count). The largest absolute Gasteiger partial charge is 0.484 e. The van der Waals surface area contributed by atoms with Crippen molar-refractivity contribution in [2.75, 3.05) is 6.61 Å². The van der Waals surface area contributed by atoms with E-state index < -0.39 is 0 Å². The summed E-state index contributed by atoms with van der Waals surface area (Å²) in [5.41, 5.74) is 10.1. The van der Waals surface area contributed by atoms with Gasteiger partial charge in [-0.2, -0.15) is 0 Å². The maximum absolute atomic E-state index is 12.3. The fourth-order valence-corrected chi connectivity index (χ4v) is 3.81. The molecular weight excluding hydrogens is 352 g/mol. The van der Waals surface area contributed by atoms with Gasteiger partial charge in [0.05, 0.1) is 12.2 Å². The van der Waals surface area contributed by atoms with Crippen molar-refractivity contribution in [3.05, 3.63) is 65.9 Å². The van der Waals surface area contributed by atoms with E-state index in [9.17, 15) is 4.79 Å². The lowest BCUT2D eigenvalue weighted by Crippen LogP contribution is -2.45. The van der Waals surface area contributed by atoms with Crippen molar-refractivity contribution in [2.45, 2.75) is 39.0 Å². The summed E-state index contributed by atoms with van der Waals surface area (Å²) in [4.78, 5) is 12.3. The number of carbonyl (C=O) groups excluding carboxylic acids is 1. The molecule has 1 saturated heterocycles. The molecule has 0 aliphatic carbocycles. The number of benzene rings is 2. The van der Waals surface area contributed by atoms with Crippen molar-refractivity contribution >= 4 is 16.8 Å². The molecule has 1 amide bonds. The van der Waals surface area contributed by atoms with Crippen molar-refractivity contribution in [2.24, 2.45) is 0 Å². The number of carbonyl (C=O) groups is 1. The molecule has 0 bridgehead atoms. The molecule has 1 aromatic heterocycles. The zero-order valence-corrected chi connectivity index (χ0v) is 16.2. The molecule has 0 spiro atoms. The number of nitrogens with one attached hydrogen (secondary N) is 3. The zero-order chi connectivity index (χ0) is 19.5.